The number of nitrogens with zero attached hydrogens (tertiary/aromatic N) is 1. The summed E-state index contributed by atoms with van der Waals surface area (Å²) in [5, 5.41) is 0.735. The zero-order valence-electron chi connectivity index (χ0n) is 10.8. The lowest BCUT2D eigenvalue weighted by molar-refractivity contribution is 0.0298. The van der Waals surface area contributed by atoms with Crippen molar-refractivity contribution < 1.29 is 4.74 Å². The van der Waals surface area contributed by atoms with Crippen LogP contribution in [0.3, 0.4) is 0 Å². The Labute approximate surface area is 121 Å². The molecule has 1 fully saturated rings. The van der Waals surface area contributed by atoms with Gasteiger partial charge in [0, 0.05) is 11.6 Å². The van der Waals surface area contributed by atoms with E-state index in [1.165, 1.54) is 19.3 Å². The van der Waals surface area contributed by atoms with Gasteiger partial charge in [-0.05, 0) is 44.0 Å². The fourth-order valence-corrected chi connectivity index (χ4v) is 2.51. The molecule has 0 saturated carbocycles. The minimum absolute atomic E-state index is 0. The van der Waals surface area contributed by atoms with Crippen molar-refractivity contribution >= 4 is 24.0 Å². The van der Waals surface area contributed by atoms with Crippen molar-refractivity contribution in [3.8, 4) is 5.75 Å². The van der Waals surface area contributed by atoms with Gasteiger partial charge in [-0.2, -0.15) is 0 Å². The summed E-state index contributed by atoms with van der Waals surface area (Å²) < 4.78 is 6.06. The fourth-order valence-electron chi connectivity index (χ4n) is 2.33. The van der Waals surface area contributed by atoms with E-state index in [1.54, 1.807) is 0 Å². The molecular weight excluding hydrogens is 269 g/mol. The van der Waals surface area contributed by atoms with Crippen LogP contribution in [0.25, 0.3) is 0 Å². The lowest BCUT2D eigenvalue weighted by Crippen LogP contribution is -2.38. The summed E-state index contributed by atoms with van der Waals surface area (Å²) in [7, 11) is 0. The predicted molar refractivity (Wildman–Crippen MR) is 78.8 cm³/mol. The van der Waals surface area contributed by atoms with Gasteiger partial charge in [0.25, 0.3) is 0 Å². The van der Waals surface area contributed by atoms with Gasteiger partial charge in [0.1, 0.15) is 5.75 Å². The second kappa shape index (κ2) is 7.88. The maximum Gasteiger partial charge on any atom is 0.152 e. The van der Waals surface area contributed by atoms with E-state index in [2.05, 4.69) is 11.8 Å². The zero-order chi connectivity index (χ0) is 12.1. The van der Waals surface area contributed by atoms with E-state index in [4.69, 9.17) is 16.3 Å². The number of benzene rings is 1. The van der Waals surface area contributed by atoms with Gasteiger partial charge in [0.15, 0.2) is 6.23 Å². The van der Waals surface area contributed by atoms with E-state index in [0.717, 1.165) is 30.3 Å². The Kier molecular flexibility index (Phi) is 6.83. The molecule has 0 radical (unpaired) electrons. The first-order valence-electron chi connectivity index (χ1n) is 6.46. The second-order valence-corrected chi connectivity index (χ2v) is 4.94. The predicted octanol–water partition coefficient (Wildman–Crippen LogP) is 4.36. The van der Waals surface area contributed by atoms with Gasteiger partial charge in [-0.15, -0.1) is 12.4 Å². The molecule has 0 aromatic heterocycles. The van der Waals surface area contributed by atoms with Gasteiger partial charge < -0.3 is 4.74 Å². The van der Waals surface area contributed by atoms with Gasteiger partial charge in [0.2, 0.25) is 0 Å². The summed E-state index contributed by atoms with van der Waals surface area (Å²) in [5.74, 6) is 0.878. The Morgan fingerprint density at radius 3 is 2.89 bits per heavy atom. The molecule has 4 heteroatoms. The maximum atomic E-state index is 6.06. The number of ether oxygens (including phenoxy) is 1. The molecule has 1 saturated heterocycles. The largest absolute Gasteiger partial charge is 0.475 e. The van der Waals surface area contributed by atoms with Crippen LogP contribution in [0.5, 0.6) is 5.75 Å². The fraction of sp³-hybridized carbons (Fsp3) is 0.571. The van der Waals surface area contributed by atoms with Crippen LogP contribution in [-0.2, 0) is 0 Å². The third-order valence-electron chi connectivity index (χ3n) is 3.28. The van der Waals surface area contributed by atoms with Gasteiger partial charge in [-0.25, -0.2) is 0 Å². The van der Waals surface area contributed by atoms with Crippen molar-refractivity contribution in [1.29, 1.82) is 0 Å². The minimum atomic E-state index is 0. The molecule has 1 unspecified atom stereocenters. The highest BCUT2D eigenvalue weighted by Crippen LogP contribution is 2.23. The Morgan fingerprint density at radius 1 is 1.33 bits per heavy atom. The molecule has 1 heterocycles. The highest BCUT2D eigenvalue weighted by atomic mass is 35.5. The molecule has 2 nitrogen and oxygen atoms in total. The minimum Gasteiger partial charge on any atom is -0.475 e. The van der Waals surface area contributed by atoms with E-state index >= 15 is 0 Å². The Bertz CT molecular complexity index is 359. The summed E-state index contributed by atoms with van der Waals surface area (Å²) >= 11 is 5.97. The topological polar surface area (TPSA) is 12.5 Å². The lowest BCUT2D eigenvalue weighted by Gasteiger charge is -2.29. The number of hydrogen-bond acceptors (Lipinski definition) is 2. The quantitative estimate of drug-likeness (QED) is 0.820. The molecule has 2 rings (SSSR count). The van der Waals surface area contributed by atoms with Crippen molar-refractivity contribution in [2.45, 2.75) is 38.8 Å². The van der Waals surface area contributed by atoms with Gasteiger partial charge >= 0.3 is 0 Å². The SMILES string of the molecule is CCN1CCCCCC1Oc1cccc(Cl)c1.Cl. The summed E-state index contributed by atoms with van der Waals surface area (Å²) in [6.07, 6.45) is 5.16. The highest BCUT2D eigenvalue weighted by molar-refractivity contribution is 6.30. The van der Waals surface area contributed by atoms with Gasteiger partial charge in [-0.3, -0.25) is 4.90 Å². The van der Waals surface area contributed by atoms with Crippen molar-refractivity contribution in [3.63, 3.8) is 0 Å². The summed E-state index contributed by atoms with van der Waals surface area (Å²) in [6, 6.07) is 7.68. The highest BCUT2D eigenvalue weighted by Gasteiger charge is 2.20. The Balaban J connectivity index is 0.00000162. The summed E-state index contributed by atoms with van der Waals surface area (Å²) in [4.78, 5) is 2.41. The zero-order valence-corrected chi connectivity index (χ0v) is 12.3. The smallest absolute Gasteiger partial charge is 0.152 e. The average Bonchev–Trinajstić information content (AvgIpc) is 2.54. The van der Waals surface area contributed by atoms with Crippen LogP contribution in [-0.4, -0.2) is 24.2 Å². The molecule has 1 aliphatic heterocycles. The molecule has 0 bridgehead atoms. The second-order valence-electron chi connectivity index (χ2n) is 4.51. The van der Waals surface area contributed by atoms with Gasteiger partial charge in [0.05, 0.1) is 0 Å². The maximum absolute atomic E-state index is 6.06. The van der Waals surface area contributed by atoms with E-state index in [0.29, 0.717) is 0 Å². The van der Waals surface area contributed by atoms with Crippen molar-refractivity contribution in [2.24, 2.45) is 0 Å². The normalized spacial score (nSPS) is 20.9. The molecule has 1 aromatic rings. The lowest BCUT2D eigenvalue weighted by atomic mass is 10.2. The van der Waals surface area contributed by atoms with Crippen molar-refractivity contribution in [2.75, 3.05) is 13.1 Å². The van der Waals surface area contributed by atoms with Crippen LogP contribution in [0.2, 0.25) is 5.02 Å². The molecule has 0 amide bonds. The molecule has 1 aliphatic rings. The van der Waals surface area contributed by atoms with Crippen LogP contribution in [0, 0.1) is 0 Å². The third-order valence-corrected chi connectivity index (χ3v) is 3.51. The molecule has 0 aliphatic carbocycles. The average molecular weight is 290 g/mol. The molecule has 1 atom stereocenters. The monoisotopic (exact) mass is 289 g/mol. The van der Waals surface area contributed by atoms with E-state index in [9.17, 15) is 0 Å². The van der Waals surface area contributed by atoms with E-state index < -0.39 is 0 Å². The Morgan fingerprint density at radius 2 is 2.17 bits per heavy atom. The first-order chi connectivity index (χ1) is 8.29. The number of rotatable bonds is 3. The summed E-state index contributed by atoms with van der Waals surface area (Å²) in [5.41, 5.74) is 0. The number of likely N-dealkylation sites (tertiary alicyclic amines) is 1. The first-order valence-corrected chi connectivity index (χ1v) is 6.83. The van der Waals surface area contributed by atoms with Crippen molar-refractivity contribution in [3.05, 3.63) is 29.3 Å². The number of halogens is 2. The third kappa shape index (κ3) is 4.34. The van der Waals surface area contributed by atoms with Crippen LogP contribution in [0.4, 0.5) is 0 Å². The summed E-state index contributed by atoms with van der Waals surface area (Å²) in [6.45, 7) is 4.38. The standard InChI is InChI=1S/C14H20ClNO.ClH/c1-2-16-10-5-3-4-9-14(16)17-13-8-6-7-12(15)11-13;/h6-8,11,14H,2-5,9-10H2,1H3;1H. The molecular formula is C14H21Cl2NO. The Hall–Kier alpha value is -0.440. The molecule has 1 aromatic carbocycles. The molecule has 0 N–H and O–H groups in total. The number of hydrogen-bond donors (Lipinski definition) is 0. The van der Waals surface area contributed by atoms with E-state index in [-0.39, 0.29) is 18.6 Å². The first kappa shape index (κ1) is 15.6. The van der Waals surface area contributed by atoms with Gasteiger partial charge in [-0.1, -0.05) is 31.0 Å². The van der Waals surface area contributed by atoms with Crippen LogP contribution in [0.15, 0.2) is 24.3 Å². The van der Waals surface area contributed by atoms with Crippen LogP contribution >= 0.6 is 24.0 Å². The van der Waals surface area contributed by atoms with Crippen LogP contribution in [0.1, 0.15) is 32.6 Å². The molecule has 102 valence electrons. The van der Waals surface area contributed by atoms with E-state index in [1.807, 2.05) is 24.3 Å². The van der Waals surface area contributed by atoms with Crippen molar-refractivity contribution in [1.82, 2.24) is 4.90 Å². The molecule has 18 heavy (non-hydrogen) atoms. The van der Waals surface area contributed by atoms with Crippen LogP contribution < -0.4 is 4.74 Å². The molecule has 0 spiro atoms.